The lowest BCUT2D eigenvalue weighted by Crippen LogP contribution is -2.61. The number of ether oxygens (including phenoxy) is 5. The van der Waals surface area contributed by atoms with Gasteiger partial charge < -0.3 is 38.8 Å². The first kappa shape index (κ1) is 54.3. The van der Waals surface area contributed by atoms with Crippen molar-refractivity contribution in [1.29, 1.82) is 0 Å². The van der Waals surface area contributed by atoms with Crippen LogP contribution in [0.2, 0.25) is 0 Å². The van der Waals surface area contributed by atoms with E-state index in [9.17, 15) is 34.2 Å². The van der Waals surface area contributed by atoms with Gasteiger partial charge in [0.2, 0.25) is 5.79 Å². The lowest BCUT2D eigenvalue weighted by Gasteiger charge is -2.42. The molecular formula is C52H81NO12. The number of allylic oxidation sites excluding steroid dienone is 6. The Morgan fingerprint density at radius 3 is 2.25 bits per heavy atom. The van der Waals surface area contributed by atoms with Crippen LogP contribution in [-0.4, -0.2) is 121 Å². The maximum Gasteiger partial charge on any atom is 0.329 e. The van der Waals surface area contributed by atoms with Crippen LogP contribution in [0.15, 0.2) is 47.6 Å². The summed E-state index contributed by atoms with van der Waals surface area (Å²) in [6.07, 6.45) is 13.6. The number of rotatable bonds is 6. The second-order valence-corrected chi connectivity index (χ2v) is 20.0. The summed E-state index contributed by atoms with van der Waals surface area (Å²) in [6, 6.07) is -1.11. The molecule has 2 N–H and O–H groups in total. The van der Waals surface area contributed by atoms with Crippen LogP contribution < -0.4 is 0 Å². The van der Waals surface area contributed by atoms with Crippen LogP contribution in [0.4, 0.5) is 0 Å². The predicted molar refractivity (Wildman–Crippen MR) is 248 cm³/mol. The average Bonchev–Trinajstić information content (AvgIpc) is 3.28. The van der Waals surface area contributed by atoms with E-state index in [2.05, 4.69) is 6.92 Å². The second-order valence-electron chi connectivity index (χ2n) is 20.0. The first-order chi connectivity index (χ1) is 30.7. The molecule has 15 atom stereocenters. The number of carbonyl (C=O) groups excluding carboxylic acids is 5. The third kappa shape index (κ3) is 14.3. The Morgan fingerprint density at radius 2 is 1.57 bits per heavy atom. The number of methoxy groups -OCH3 is 3. The van der Waals surface area contributed by atoms with Crippen molar-refractivity contribution in [3.05, 3.63) is 47.6 Å². The van der Waals surface area contributed by atoms with Crippen molar-refractivity contribution in [3.8, 4) is 0 Å². The Kier molecular flexibility index (Phi) is 21.0. The van der Waals surface area contributed by atoms with Gasteiger partial charge in [0.1, 0.15) is 30.1 Å². The summed E-state index contributed by atoms with van der Waals surface area (Å²) in [5, 5.41) is 23.4. The van der Waals surface area contributed by atoms with Crippen LogP contribution in [0.1, 0.15) is 132 Å². The number of fused-ring (bicyclic) bond motifs is 3. The van der Waals surface area contributed by atoms with E-state index in [1.54, 1.807) is 41.1 Å². The Bertz CT molecular complexity index is 1750. The number of aliphatic hydroxyl groups is 2. The molecule has 13 nitrogen and oxygen atoms in total. The lowest BCUT2D eigenvalue weighted by atomic mass is 9.76. The normalized spacial score (nSPS) is 40.4. The fourth-order valence-corrected chi connectivity index (χ4v) is 10.4. The molecule has 3 aliphatic heterocycles. The summed E-state index contributed by atoms with van der Waals surface area (Å²) in [7, 11) is 4.70. The zero-order chi connectivity index (χ0) is 48.2. The van der Waals surface area contributed by atoms with E-state index < -0.39 is 77.8 Å². The van der Waals surface area contributed by atoms with E-state index in [4.69, 9.17) is 23.7 Å². The zero-order valence-corrected chi connectivity index (χ0v) is 41.2. The van der Waals surface area contributed by atoms with Crippen LogP contribution in [-0.2, 0) is 47.7 Å². The monoisotopic (exact) mass is 912 g/mol. The van der Waals surface area contributed by atoms with Gasteiger partial charge in [-0.2, -0.15) is 0 Å². The van der Waals surface area contributed by atoms with Crippen molar-refractivity contribution in [2.24, 2.45) is 41.4 Å². The molecule has 3 heterocycles. The smallest absolute Gasteiger partial charge is 0.329 e. The Morgan fingerprint density at radius 1 is 0.846 bits per heavy atom. The van der Waals surface area contributed by atoms with Crippen molar-refractivity contribution in [2.45, 2.75) is 181 Å². The number of hydrogen-bond acceptors (Lipinski definition) is 12. The summed E-state index contributed by atoms with van der Waals surface area (Å²) < 4.78 is 29.7. The molecular weight excluding hydrogens is 831 g/mol. The SMILES string of the molecule is COC1CC(C[C@@H](C)[C@@H]2CC(=O)[C@H](C)/C=C(\C)[C@@H](O)C(OC)C(=O)C(C)C[C@H](C)/C=C/C=C/C=C(\C)[C@@H](OC)C[C@@H]3CC[C@@H](C)[C@@](O)(O3)C(=O)C(=O)N3CCCC[C@H]3C(=O)O2)CC[C@H]1C. The van der Waals surface area contributed by atoms with E-state index in [1.165, 1.54) is 12.0 Å². The quantitative estimate of drug-likeness (QED) is 0.153. The molecule has 4 unspecified atom stereocenters. The molecule has 13 heteroatoms. The van der Waals surface area contributed by atoms with Crippen molar-refractivity contribution >= 4 is 29.2 Å². The molecule has 366 valence electrons. The Hall–Kier alpha value is -3.33. The van der Waals surface area contributed by atoms with Gasteiger partial charge in [-0.05, 0) is 113 Å². The molecule has 3 fully saturated rings. The van der Waals surface area contributed by atoms with Gasteiger partial charge in [-0.15, -0.1) is 0 Å². The summed E-state index contributed by atoms with van der Waals surface area (Å²) in [4.78, 5) is 71.9. The van der Waals surface area contributed by atoms with Gasteiger partial charge in [0, 0.05) is 58.5 Å². The number of carbonyl (C=O) groups is 5. The fraction of sp³-hybridized carbons (Fsp3) is 0.750. The average molecular weight is 912 g/mol. The highest BCUT2D eigenvalue weighted by molar-refractivity contribution is 6.39. The van der Waals surface area contributed by atoms with Crippen molar-refractivity contribution in [3.63, 3.8) is 0 Å². The molecule has 1 aliphatic carbocycles. The van der Waals surface area contributed by atoms with E-state index >= 15 is 0 Å². The number of esters is 1. The van der Waals surface area contributed by atoms with Crippen molar-refractivity contribution in [1.82, 2.24) is 4.90 Å². The minimum atomic E-state index is -2.41. The maximum atomic E-state index is 14.4. The van der Waals surface area contributed by atoms with Crippen LogP contribution in [0.25, 0.3) is 0 Å². The largest absolute Gasteiger partial charge is 0.460 e. The Balaban J connectivity index is 1.70. The van der Waals surface area contributed by atoms with E-state index in [1.807, 2.05) is 58.1 Å². The summed E-state index contributed by atoms with van der Waals surface area (Å²) in [5.74, 6) is -7.07. The molecule has 4 aliphatic rings. The topological polar surface area (TPSA) is 175 Å². The highest BCUT2D eigenvalue weighted by Gasteiger charge is 2.53. The van der Waals surface area contributed by atoms with Gasteiger partial charge >= 0.3 is 5.97 Å². The minimum absolute atomic E-state index is 0.0304. The molecule has 65 heavy (non-hydrogen) atoms. The van der Waals surface area contributed by atoms with Gasteiger partial charge in [-0.1, -0.05) is 78.0 Å². The number of nitrogens with zero attached hydrogens (tertiary/aromatic N) is 1. The van der Waals surface area contributed by atoms with Gasteiger partial charge in [-0.3, -0.25) is 19.2 Å². The fourth-order valence-electron chi connectivity index (χ4n) is 10.4. The predicted octanol–water partition coefficient (Wildman–Crippen LogP) is 7.46. The third-order valence-electron chi connectivity index (χ3n) is 14.8. The first-order valence-electron chi connectivity index (χ1n) is 24.2. The van der Waals surface area contributed by atoms with Gasteiger partial charge in [0.25, 0.3) is 11.7 Å². The number of hydrogen-bond donors (Lipinski definition) is 2. The molecule has 2 saturated heterocycles. The van der Waals surface area contributed by atoms with Gasteiger partial charge in [-0.25, -0.2) is 4.79 Å². The van der Waals surface area contributed by atoms with E-state index in [0.29, 0.717) is 56.4 Å². The minimum Gasteiger partial charge on any atom is -0.460 e. The van der Waals surface area contributed by atoms with Crippen molar-refractivity contribution < 1.29 is 57.9 Å². The number of ketones is 3. The standard InChI is InChI=1S/C52H81NO12/c1-31-17-13-12-14-18-32(2)44(62-10)29-40-23-21-38(8)52(60,65-40)49(57)50(58)53-24-16-15-19-41(53)51(59)64-45(35(5)27-39-22-20-33(3)43(28-39)61-9)30-42(54)34(4)26-37(7)47(56)48(63-11)46(55)36(6)25-31/h12-14,17-18,26,31,33-36,38-41,43-45,47-48,56,60H,15-16,19-25,27-30H2,1-11H3/b14-12+,17-13+,32-18+,37-26+/t31-,33-,34-,35-,36?,38-,39?,40+,41+,43?,44+,45+,47-,48?,52-/m1/s1. The number of amides is 1. The molecule has 2 bridgehead atoms. The molecule has 0 aromatic rings. The van der Waals surface area contributed by atoms with Crippen LogP contribution in [0.3, 0.4) is 0 Å². The number of aliphatic hydroxyl groups excluding tert-OH is 1. The number of piperidine rings is 1. The van der Waals surface area contributed by atoms with Crippen molar-refractivity contribution in [2.75, 3.05) is 27.9 Å². The molecule has 4 rings (SSSR count). The van der Waals surface area contributed by atoms with E-state index in [-0.39, 0.29) is 54.8 Å². The van der Waals surface area contributed by atoms with Crippen LogP contribution in [0, 0.1) is 41.4 Å². The molecule has 1 saturated carbocycles. The summed E-state index contributed by atoms with van der Waals surface area (Å²) in [5.41, 5.74) is 1.30. The molecule has 0 aromatic heterocycles. The third-order valence-corrected chi connectivity index (χ3v) is 14.8. The first-order valence-corrected chi connectivity index (χ1v) is 24.2. The number of Topliss-reactive ketones (excluding diaryl/α,β-unsaturated/α-hetero) is 3. The number of cyclic esters (lactones) is 1. The Labute approximate surface area is 388 Å². The second kappa shape index (κ2) is 25.2. The summed E-state index contributed by atoms with van der Waals surface area (Å²) >= 11 is 0. The van der Waals surface area contributed by atoms with E-state index in [0.717, 1.165) is 24.8 Å². The maximum absolute atomic E-state index is 14.4. The zero-order valence-electron chi connectivity index (χ0n) is 41.2. The molecule has 0 aromatic carbocycles. The lowest BCUT2D eigenvalue weighted by molar-refractivity contribution is -0.265. The highest BCUT2D eigenvalue weighted by Crippen LogP contribution is 2.38. The van der Waals surface area contributed by atoms with Gasteiger partial charge in [0.15, 0.2) is 5.78 Å². The highest BCUT2D eigenvalue weighted by atomic mass is 16.6. The van der Waals surface area contributed by atoms with Gasteiger partial charge in [0.05, 0.1) is 18.3 Å². The van der Waals surface area contributed by atoms with Crippen LogP contribution in [0.5, 0.6) is 0 Å². The molecule has 0 radical (unpaired) electrons. The molecule has 0 spiro atoms. The van der Waals surface area contributed by atoms with Crippen LogP contribution >= 0.6 is 0 Å². The molecule has 1 amide bonds. The summed E-state index contributed by atoms with van der Waals surface area (Å²) in [6.45, 7) is 15.1.